The smallest absolute Gasteiger partial charge is 0.0453 e. The van der Waals surface area contributed by atoms with E-state index in [1.54, 1.807) is 11.3 Å². The SMILES string of the molecule is CNC(Cc1sccc1Br)Cc1c(Cl)cccc1Cl. The molecule has 102 valence electrons. The van der Waals surface area contributed by atoms with Crippen LogP contribution in [0.1, 0.15) is 10.4 Å². The quantitative estimate of drug-likeness (QED) is 0.754. The van der Waals surface area contributed by atoms with E-state index >= 15 is 0 Å². The summed E-state index contributed by atoms with van der Waals surface area (Å²) in [6, 6.07) is 8.04. The second-order valence-corrected chi connectivity index (χ2v) is 6.96. The fourth-order valence-electron chi connectivity index (χ4n) is 1.94. The molecular weight excluding hydrogens is 365 g/mol. The zero-order valence-electron chi connectivity index (χ0n) is 10.4. The summed E-state index contributed by atoms with van der Waals surface area (Å²) in [5.41, 5.74) is 1.01. The summed E-state index contributed by atoms with van der Waals surface area (Å²) in [6.45, 7) is 0. The first-order valence-corrected chi connectivity index (χ1v) is 8.36. The number of nitrogens with one attached hydrogen (secondary N) is 1. The molecule has 0 aliphatic carbocycles. The van der Waals surface area contributed by atoms with Crippen molar-refractivity contribution >= 4 is 50.5 Å². The van der Waals surface area contributed by atoms with Crippen molar-refractivity contribution in [1.29, 1.82) is 0 Å². The maximum Gasteiger partial charge on any atom is 0.0453 e. The van der Waals surface area contributed by atoms with Crippen LogP contribution >= 0.6 is 50.5 Å². The van der Waals surface area contributed by atoms with E-state index < -0.39 is 0 Å². The van der Waals surface area contributed by atoms with Crippen LogP contribution in [-0.2, 0) is 12.8 Å². The molecule has 0 saturated carbocycles. The van der Waals surface area contributed by atoms with Crippen LogP contribution in [-0.4, -0.2) is 13.1 Å². The van der Waals surface area contributed by atoms with Gasteiger partial charge in [-0.05, 0) is 65.0 Å². The maximum absolute atomic E-state index is 6.22. The Kier molecular flexibility index (Phi) is 5.72. The molecule has 0 spiro atoms. The molecule has 1 atom stereocenters. The first-order valence-electron chi connectivity index (χ1n) is 5.94. The molecule has 0 aliphatic heterocycles. The van der Waals surface area contributed by atoms with Gasteiger partial charge in [-0.1, -0.05) is 29.3 Å². The van der Waals surface area contributed by atoms with E-state index in [0.29, 0.717) is 6.04 Å². The molecule has 0 saturated heterocycles. The van der Waals surface area contributed by atoms with Gasteiger partial charge >= 0.3 is 0 Å². The van der Waals surface area contributed by atoms with Gasteiger partial charge < -0.3 is 5.32 Å². The first kappa shape index (κ1) is 15.3. The Morgan fingerprint density at radius 2 is 1.89 bits per heavy atom. The van der Waals surface area contributed by atoms with E-state index in [4.69, 9.17) is 23.2 Å². The number of rotatable bonds is 5. The number of benzene rings is 1. The van der Waals surface area contributed by atoms with Crippen LogP contribution in [0.3, 0.4) is 0 Å². The summed E-state index contributed by atoms with van der Waals surface area (Å²) in [4.78, 5) is 1.34. The Labute approximate surface area is 136 Å². The van der Waals surface area contributed by atoms with Crippen molar-refractivity contribution in [2.75, 3.05) is 7.05 Å². The zero-order chi connectivity index (χ0) is 13.8. The summed E-state index contributed by atoms with van der Waals surface area (Å²) >= 11 is 17.8. The minimum absolute atomic E-state index is 0.312. The Hall–Kier alpha value is -0.0600. The number of thiophene rings is 1. The van der Waals surface area contributed by atoms with E-state index in [1.807, 2.05) is 25.2 Å². The maximum atomic E-state index is 6.22. The van der Waals surface area contributed by atoms with Crippen molar-refractivity contribution in [3.63, 3.8) is 0 Å². The van der Waals surface area contributed by atoms with Crippen LogP contribution in [0, 0.1) is 0 Å². The third-order valence-electron chi connectivity index (χ3n) is 3.04. The third kappa shape index (κ3) is 3.96. The normalized spacial score (nSPS) is 12.6. The molecule has 1 N–H and O–H groups in total. The van der Waals surface area contributed by atoms with Gasteiger partial charge in [-0.25, -0.2) is 0 Å². The fourth-order valence-corrected chi connectivity index (χ4v) is 4.09. The van der Waals surface area contributed by atoms with Crippen molar-refractivity contribution in [3.05, 3.63) is 54.6 Å². The molecule has 0 aliphatic rings. The van der Waals surface area contributed by atoms with Crippen molar-refractivity contribution in [3.8, 4) is 0 Å². The zero-order valence-corrected chi connectivity index (χ0v) is 14.3. The van der Waals surface area contributed by atoms with Crippen molar-refractivity contribution in [1.82, 2.24) is 5.32 Å². The van der Waals surface area contributed by atoms with Crippen molar-refractivity contribution < 1.29 is 0 Å². The number of halogens is 3. The predicted molar refractivity (Wildman–Crippen MR) is 88.7 cm³/mol. The van der Waals surface area contributed by atoms with Gasteiger partial charge in [0.05, 0.1) is 0 Å². The van der Waals surface area contributed by atoms with E-state index in [1.165, 1.54) is 9.35 Å². The largest absolute Gasteiger partial charge is 0.316 e. The average molecular weight is 379 g/mol. The standard InChI is InChI=1S/C14H14BrCl2NS/c1-18-9(8-14-11(15)5-6-19-14)7-10-12(16)3-2-4-13(10)17/h2-6,9,18H,7-8H2,1H3. The van der Waals surface area contributed by atoms with Gasteiger partial charge in [-0.3, -0.25) is 0 Å². The van der Waals surface area contributed by atoms with Crippen LogP contribution in [0.2, 0.25) is 10.0 Å². The third-order valence-corrected chi connectivity index (χ3v) is 5.70. The van der Waals surface area contributed by atoms with Crippen LogP contribution < -0.4 is 5.32 Å². The molecule has 0 amide bonds. The number of likely N-dealkylation sites (N-methyl/N-ethyl adjacent to an activating group) is 1. The minimum Gasteiger partial charge on any atom is -0.316 e. The molecule has 0 fully saturated rings. The second kappa shape index (κ2) is 7.09. The molecular formula is C14H14BrCl2NS. The summed E-state index contributed by atoms with van der Waals surface area (Å²) < 4.78 is 1.17. The van der Waals surface area contributed by atoms with Gasteiger partial charge in [0, 0.05) is 25.4 Å². The Bertz CT molecular complexity index is 536. The van der Waals surface area contributed by atoms with Gasteiger partial charge in [0.15, 0.2) is 0 Å². The highest BCUT2D eigenvalue weighted by Gasteiger charge is 2.15. The minimum atomic E-state index is 0.312. The summed E-state index contributed by atoms with van der Waals surface area (Å²) in [7, 11) is 1.97. The lowest BCUT2D eigenvalue weighted by atomic mass is 10.0. The number of hydrogen-bond donors (Lipinski definition) is 1. The molecule has 1 nitrogen and oxygen atoms in total. The molecule has 2 aromatic rings. The van der Waals surface area contributed by atoms with Gasteiger partial charge in [0.25, 0.3) is 0 Å². The Balaban J connectivity index is 2.13. The van der Waals surface area contributed by atoms with Crippen LogP contribution in [0.25, 0.3) is 0 Å². The first-order chi connectivity index (χ1) is 9.11. The van der Waals surface area contributed by atoms with Gasteiger partial charge in [0.1, 0.15) is 0 Å². The van der Waals surface area contributed by atoms with Crippen LogP contribution in [0.15, 0.2) is 34.1 Å². The topological polar surface area (TPSA) is 12.0 Å². The van der Waals surface area contributed by atoms with Crippen LogP contribution in [0.5, 0.6) is 0 Å². The summed E-state index contributed by atoms with van der Waals surface area (Å²) in [6.07, 6.45) is 1.77. The molecule has 1 aromatic heterocycles. The summed E-state index contributed by atoms with van der Waals surface area (Å²) in [5, 5.41) is 6.90. The predicted octanol–water partition coefficient (Wildman–Crippen LogP) is 5.19. The highest BCUT2D eigenvalue weighted by molar-refractivity contribution is 9.10. The lowest BCUT2D eigenvalue weighted by Gasteiger charge is -2.17. The molecule has 19 heavy (non-hydrogen) atoms. The molecule has 0 radical (unpaired) electrons. The molecule has 2 rings (SSSR count). The van der Waals surface area contributed by atoms with E-state index in [0.717, 1.165) is 28.5 Å². The highest BCUT2D eigenvalue weighted by atomic mass is 79.9. The lowest BCUT2D eigenvalue weighted by Crippen LogP contribution is -2.30. The van der Waals surface area contributed by atoms with E-state index in [2.05, 4.69) is 32.7 Å². The lowest BCUT2D eigenvalue weighted by molar-refractivity contribution is 0.559. The molecule has 1 aromatic carbocycles. The fraction of sp³-hybridized carbons (Fsp3) is 0.286. The van der Waals surface area contributed by atoms with E-state index in [-0.39, 0.29) is 0 Å². The van der Waals surface area contributed by atoms with Gasteiger partial charge in [0.2, 0.25) is 0 Å². The van der Waals surface area contributed by atoms with Crippen molar-refractivity contribution in [2.24, 2.45) is 0 Å². The molecule has 1 unspecified atom stereocenters. The summed E-state index contributed by atoms with van der Waals surface area (Å²) in [5.74, 6) is 0. The Morgan fingerprint density at radius 3 is 2.42 bits per heavy atom. The molecule has 0 bridgehead atoms. The molecule has 5 heteroatoms. The van der Waals surface area contributed by atoms with Crippen LogP contribution in [0.4, 0.5) is 0 Å². The van der Waals surface area contributed by atoms with Gasteiger partial charge in [-0.2, -0.15) is 0 Å². The average Bonchev–Trinajstić information content (AvgIpc) is 2.78. The number of hydrogen-bond acceptors (Lipinski definition) is 2. The molecule has 1 heterocycles. The Morgan fingerprint density at radius 1 is 1.21 bits per heavy atom. The van der Waals surface area contributed by atoms with Crippen molar-refractivity contribution in [2.45, 2.75) is 18.9 Å². The van der Waals surface area contributed by atoms with Gasteiger partial charge in [-0.15, -0.1) is 11.3 Å². The van der Waals surface area contributed by atoms with E-state index in [9.17, 15) is 0 Å². The second-order valence-electron chi connectivity index (χ2n) is 4.29. The monoisotopic (exact) mass is 377 g/mol. The highest BCUT2D eigenvalue weighted by Crippen LogP contribution is 2.28.